The van der Waals surface area contributed by atoms with Crippen molar-refractivity contribution in [3.05, 3.63) is 54.2 Å². The molecular weight excluding hydrogens is 394 g/mol. The van der Waals surface area contributed by atoms with E-state index in [1.165, 1.54) is 22.3 Å². The van der Waals surface area contributed by atoms with Crippen LogP contribution in [0.3, 0.4) is 0 Å². The van der Waals surface area contributed by atoms with E-state index in [9.17, 15) is 13.2 Å². The van der Waals surface area contributed by atoms with Gasteiger partial charge in [-0.15, -0.1) is 0 Å². The Morgan fingerprint density at radius 2 is 1.86 bits per heavy atom. The second-order valence-corrected chi connectivity index (χ2v) is 10.2. The number of pyridine rings is 1. The van der Waals surface area contributed by atoms with Gasteiger partial charge in [-0.25, -0.2) is 13.4 Å². The molecule has 1 aliphatic heterocycles. The summed E-state index contributed by atoms with van der Waals surface area (Å²) in [6.07, 6.45) is 3.19. The second kappa shape index (κ2) is 9.07. The van der Waals surface area contributed by atoms with Gasteiger partial charge in [-0.05, 0) is 37.5 Å². The number of carbonyl (C=O) groups is 1. The lowest BCUT2D eigenvalue weighted by Gasteiger charge is -2.21. The van der Waals surface area contributed by atoms with Crippen molar-refractivity contribution in [2.45, 2.75) is 41.5 Å². The molecular formula is C20H25N3O3S2. The van der Waals surface area contributed by atoms with Crippen LogP contribution in [0.5, 0.6) is 0 Å². The monoisotopic (exact) mass is 419 g/mol. The first-order valence-electron chi connectivity index (χ1n) is 9.29. The lowest BCUT2D eigenvalue weighted by Crippen LogP contribution is -2.32. The molecule has 6 nitrogen and oxygen atoms in total. The number of aromatic nitrogens is 1. The van der Waals surface area contributed by atoms with Crippen molar-refractivity contribution in [2.75, 3.05) is 20.1 Å². The van der Waals surface area contributed by atoms with Crippen molar-refractivity contribution in [2.24, 2.45) is 0 Å². The molecule has 3 rings (SSSR count). The second-order valence-electron chi connectivity index (χ2n) is 6.88. The number of rotatable bonds is 7. The highest BCUT2D eigenvalue weighted by Crippen LogP contribution is 2.25. The Bertz CT molecular complexity index is 896. The quantitative estimate of drug-likeness (QED) is 0.645. The number of hydrogen-bond acceptors (Lipinski definition) is 5. The topological polar surface area (TPSA) is 70.6 Å². The maximum Gasteiger partial charge on any atom is 0.244 e. The molecule has 0 saturated carbocycles. The van der Waals surface area contributed by atoms with Gasteiger partial charge in [-0.1, -0.05) is 42.1 Å². The first-order chi connectivity index (χ1) is 13.4. The molecule has 1 atom stereocenters. The molecule has 0 aliphatic carbocycles. The Balaban J connectivity index is 1.60. The van der Waals surface area contributed by atoms with E-state index in [1.807, 2.05) is 37.3 Å². The molecule has 0 spiro atoms. The smallest absolute Gasteiger partial charge is 0.244 e. The highest BCUT2D eigenvalue weighted by Gasteiger charge is 2.27. The molecule has 0 N–H and O–H groups in total. The zero-order valence-electron chi connectivity index (χ0n) is 16.1. The fourth-order valence-corrected chi connectivity index (χ4v) is 5.51. The van der Waals surface area contributed by atoms with Gasteiger partial charge in [0, 0.05) is 32.9 Å². The van der Waals surface area contributed by atoms with Crippen molar-refractivity contribution in [3.8, 4) is 0 Å². The third-order valence-corrected chi connectivity index (χ3v) is 7.62. The Kier molecular flexibility index (Phi) is 6.74. The lowest BCUT2D eigenvalue weighted by molar-refractivity contribution is -0.129. The highest BCUT2D eigenvalue weighted by molar-refractivity contribution is 8.00. The van der Waals surface area contributed by atoms with Gasteiger partial charge in [-0.2, -0.15) is 4.31 Å². The van der Waals surface area contributed by atoms with E-state index in [0.717, 1.165) is 18.4 Å². The van der Waals surface area contributed by atoms with Gasteiger partial charge in [-0.3, -0.25) is 4.79 Å². The van der Waals surface area contributed by atoms with E-state index in [2.05, 4.69) is 4.98 Å². The number of amides is 1. The number of carbonyl (C=O) groups excluding carboxylic acids is 1. The van der Waals surface area contributed by atoms with E-state index in [-0.39, 0.29) is 16.1 Å². The number of hydrogen-bond donors (Lipinski definition) is 0. The Morgan fingerprint density at radius 3 is 2.46 bits per heavy atom. The van der Waals surface area contributed by atoms with E-state index in [0.29, 0.717) is 24.7 Å². The van der Waals surface area contributed by atoms with Crippen LogP contribution in [0.1, 0.15) is 25.3 Å². The first-order valence-corrected chi connectivity index (χ1v) is 11.6. The van der Waals surface area contributed by atoms with Crippen molar-refractivity contribution in [1.82, 2.24) is 14.2 Å². The van der Waals surface area contributed by atoms with Crippen molar-refractivity contribution in [1.29, 1.82) is 0 Å². The SMILES string of the molecule is C[C@@H](Sc1ccc(S(=O)(=O)N2CCCC2)cn1)C(=O)N(C)Cc1ccccc1. The van der Waals surface area contributed by atoms with E-state index in [1.54, 1.807) is 24.1 Å². The molecule has 1 amide bonds. The van der Waals surface area contributed by atoms with Gasteiger partial charge < -0.3 is 4.90 Å². The van der Waals surface area contributed by atoms with Gasteiger partial charge >= 0.3 is 0 Å². The number of sulfonamides is 1. The summed E-state index contributed by atoms with van der Waals surface area (Å²) in [4.78, 5) is 18.8. The molecule has 2 heterocycles. The molecule has 1 aliphatic rings. The molecule has 2 aromatic rings. The summed E-state index contributed by atoms with van der Waals surface area (Å²) in [6.45, 7) is 3.52. The van der Waals surface area contributed by atoms with Gasteiger partial charge in [0.05, 0.1) is 10.3 Å². The zero-order valence-corrected chi connectivity index (χ0v) is 17.7. The van der Waals surface area contributed by atoms with Gasteiger partial charge in [0.15, 0.2) is 0 Å². The minimum atomic E-state index is -3.46. The normalized spacial score (nSPS) is 16.1. The summed E-state index contributed by atoms with van der Waals surface area (Å²) in [7, 11) is -1.68. The predicted molar refractivity (Wildman–Crippen MR) is 110 cm³/mol. The molecule has 1 fully saturated rings. The molecule has 150 valence electrons. The van der Waals surface area contributed by atoms with Crippen LogP contribution >= 0.6 is 11.8 Å². The highest BCUT2D eigenvalue weighted by atomic mass is 32.2. The summed E-state index contributed by atoms with van der Waals surface area (Å²) in [6, 6.07) is 13.1. The minimum Gasteiger partial charge on any atom is -0.340 e. The van der Waals surface area contributed by atoms with Crippen molar-refractivity contribution < 1.29 is 13.2 Å². The molecule has 0 radical (unpaired) electrons. The van der Waals surface area contributed by atoms with Crippen LogP contribution in [0.25, 0.3) is 0 Å². The summed E-state index contributed by atoms with van der Waals surface area (Å²) >= 11 is 1.33. The third-order valence-electron chi connectivity index (χ3n) is 4.70. The van der Waals surface area contributed by atoms with Crippen LogP contribution in [-0.2, 0) is 21.4 Å². The van der Waals surface area contributed by atoms with Crippen LogP contribution < -0.4 is 0 Å². The van der Waals surface area contributed by atoms with E-state index < -0.39 is 10.0 Å². The average molecular weight is 420 g/mol. The molecule has 0 bridgehead atoms. The summed E-state index contributed by atoms with van der Waals surface area (Å²) in [5.41, 5.74) is 1.07. The van der Waals surface area contributed by atoms with Crippen LogP contribution in [0.15, 0.2) is 58.6 Å². The summed E-state index contributed by atoms with van der Waals surface area (Å²) < 4.78 is 26.6. The number of nitrogens with zero attached hydrogens (tertiary/aromatic N) is 3. The van der Waals surface area contributed by atoms with Crippen molar-refractivity contribution in [3.63, 3.8) is 0 Å². The third kappa shape index (κ3) is 4.92. The first kappa shape index (κ1) is 20.8. The Morgan fingerprint density at radius 1 is 1.18 bits per heavy atom. The van der Waals surface area contributed by atoms with Gasteiger partial charge in [0.25, 0.3) is 0 Å². The fraction of sp³-hybridized carbons (Fsp3) is 0.400. The predicted octanol–water partition coefficient (Wildman–Crippen LogP) is 3.01. The molecule has 1 aromatic heterocycles. The van der Waals surface area contributed by atoms with E-state index >= 15 is 0 Å². The molecule has 28 heavy (non-hydrogen) atoms. The molecule has 1 saturated heterocycles. The molecule has 0 unspecified atom stereocenters. The molecule has 8 heteroatoms. The number of thioether (sulfide) groups is 1. The maximum atomic E-state index is 12.6. The van der Waals surface area contributed by atoms with Crippen LogP contribution in [0.4, 0.5) is 0 Å². The van der Waals surface area contributed by atoms with Crippen molar-refractivity contribution >= 4 is 27.7 Å². The maximum absolute atomic E-state index is 12.6. The van der Waals surface area contributed by atoms with Crippen LogP contribution in [0, 0.1) is 0 Å². The summed E-state index contributed by atoms with van der Waals surface area (Å²) in [5, 5.41) is 0.316. The van der Waals surface area contributed by atoms with Crippen LogP contribution in [0.2, 0.25) is 0 Å². The van der Waals surface area contributed by atoms with Gasteiger partial charge in [0.2, 0.25) is 15.9 Å². The zero-order chi connectivity index (χ0) is 20.1. The number of benzene rings is 1. The standard InChI is InChI=1S/C20H25N3O3S2/c1-16(20(24)22(2)15-17-8-4-3-5-9-17)27-19-11-10-18(14-21-19)28(25,26)23-12-6-7-13-23/h3-5,8-11,14,16H,6-7,12-13,15H2,1-2H3/t16-/m1/s1. The van der Waals surface area contributed by atoms with Crippen LogP contribution in [-0.4, -0.2) is 53.9 Å². The molecule has 1 aromatic carbocycles. The fourth-order valence-electron chi connectivity index (χ4n) is 3.14. The largest absolute Gasteiger partial charge is 0.340 e. The average Bonchev–Trinajstić information content (AvgIpc) is 3.24. The van der Waals surface area contributed by atoms with E-state index in [4.69, 9.17) is 0 Å². The minimum absolute atomic E-state index is 0.00409. The van der Waals surface area contributed by atoms with Gasteiger partial charge in [0.1, 0.15) is 4.90 Å². The Hall–Kier alpha value is -1.90. The summed E-state index contributed by atoms with van der Waals surface area (Å²) in [5.74, 6) is 0.00409. The Labute approximate surface area is 171 Å². The lowest BCUT2D eigenvalue weighted by atomic mass is 10.2.